The van der Waals surface area contributed by atoms with E-state index in [0.717, 1.165) is 24.3 Å². The SMILES string of the molecule is O=S(=O)(NS(=O)(=O)C(F)(F)C(F)(F)C(F)(F)C(F)(F)S(=O)(=O)NS(=O)(=O)c1ccc(Br)cc1)c1ccc(Br)cc1. The summed E-state index contributed by atoms with van der Waals surface area (Å²) in [6, 6.07) is 5.70. The molecule has 40 heavy (non-hydrogen) atoms. The Balaban J connectivity index is 2.54. The van der Waals surface area contributed by atoms with Gasteiger partial charge in [-0.3, -0.25) is 0 Å². The third-order valence-electron chi connectivity index (χ3n) is 4.49. The van der Waals surface area contributed by atoms with E-state index in [1.807, 2.05) is 0 Å². The molecule has 0 saturated heterocycles. The number of rotatable bonds is 11. The Morgan fingerprint density at radius 1 is 0.475 bits per heavy atom. The van der Waals surface area contributed by atoms with Gasteiger partial charge in [0.1, 0.15) is 0 Å². The maximum absolute atomic E-state index is 14.3. The molecular formula is C16H10Br2F8N2O8S4. The van der Waals surface area contributed by atoms with E-state index in [0.29, 0.717) is 24.3 Å². The molecule has 24 heteroatoms. The Morgan fingerprint density at radius 2 is 0.700 bits per heavy atom. The minimum atomic E-state index is -7.90. The lowest BCUT2D eigenvalue weighted by Gasteiger charge is -2.35. The van der Waals surface area contributed by atoms with Crippen LogP contribution in [0.15, 0.2) is 67.3 Å². The molecule has 0 aliphatic rings. The van der Waals surface area contributed by atoms with Crippen LogP contribution < -0.4 is 8.25 Å². The zero-order valence-corrected chi connectivity index (χ0v) is 24.7. The molecule has 10 nitrogen and oxygen atoms in total. The Labute approximate surface area is 237 Å². The van der Waals surface area contributed by atoms with Gasteiger partial charge in [-0.05, 0) is 48.5 Å². The van der Waals surface area contributed by atoms with E-state index >= 15 is 0 Å². The summed E-state index contributed by atoms with van der Waals surface area (Å²) < 4.78 is 210. The highest BCUT2D eigenvalue weighted by Crippen LogP contribution is 2.55. The summed E-state index contributed by atoms with van der Waals surface area (Å²) in [4.78, 5) is -2.39. The first-order valence-corrected chi connectivity index (χ1v) is 16.8. The van der Waals surface area contributed by atoms with Crippen molar-refractivity contribution in [2.24, 2.45) is 0 Å². The summed E-state index contributed by atoms with van der Waals surface area (Å²) in [6.07, 6.45) is 0. The third-order valence-corrected chi connectivity index (χ3v) is 12.7. The van der Waals surface area contributed by atoms with Crippen molar-refractivity contribution in [3.8, 4) is 0 Å². The van der Waals surface area contributed by atoms with Crippen LogP contribution in [0.2, 0.25) is 0 Å². The fourth-order valence-corrected chi connectivity index (χ4v) is 8.79. The van der Waals surface area contributed by atoms with Crippen LogP contribution in [0.25, 0.3) is 0 Å². The molecule has 0 aliphatic heterocycles. The number of alkyl halides is 8. The van der Waals surface area contributed by atoms with Crippen molar-refractivity contribution in [3.05, 3.63) is 57.5 Å². The lowest BCUT2D eigenvalue weighted by Crippen LogP contribution is -2.68. The van der Waals surface area contributed by atoms with Gasteiger partial charge >= 0.3 is 22.4 Å². The lowest BCUT2D eigenvalue weighted by atomic mass is 10.2. The fraction of sp³-hybridized carbons (Fsp3) is 0.250. The Bertz CT molecular complexity index is 1590. The maximum Gasteiger partial charge on any atom is 0.428 e. The normalized spacial score (nSPS) is 14.8. The number of halogens is 10. The average Bonchev–Trinajstić information content (AvgIpc) is 2.77. The monoisotopic (exact) mass is 796 g/mol. The van der Waals surface area contributed by atoms with Crippen LogP contribution in [-0.2, 0) is 40.1 Å². The molecule has 0 aliphatic carbocycles. The largest absolute Gasteiger partial charge is 0.428 e. The topological polar surface area (TPSA) is 161 Å². The molecule has 2 aromatic carbocycles. The lowest BCUT2D eigenvalue weighted by molar-refractivity contribution is -0.325. The molecular weight excluding hydrogens is 788 g/mol. The zero-order valence-electron chi connectivity index (χ0n) is 18.3. The van der Waals surface area contributed by atoms with Crippen molar-refractivity contribution < 1.29 is 68.8 Å². The van der Waals surface area contributed by atoms with E-state index in [4.69, 9.17) is 0 Å². The van der Waals surface area contributed by atoms with Gasteiger partial charge in [0.05, 0.1) is 9.79 Å². The van der Waals surface area contributed by atoms with Crippen molar-refractivity contribution in [1.29, 1.82) is 0 Å². The molecule has 0 heterocycles. The first-order chi connectivity index (χ1) is 17.7. The van der Waals surface area contributed by atoms with E-state index in [9.17, 15) is 68.8 Å². The average molecular weight is 798 g/mol. The standard InChI is InChI=1S/C16H10Br2F8N2O8S4/c17-9-1-5-11(6-2-9)37(29,30)27-39(33,34)15(23,24)13(19,20)14(21,22)16(25,26)40(35,36)28-38(31,32)12-7-3-10(18)4-8-12/h1-8,27-28H. The van der Waals surface area contributed by atoms with E-state index in [1.165, 1.54) is 0 Å². The molecule has 2 aromatic rings. The molecule has 0 aromatic heterocycles. The number of sulfonamides is 4. The number of hydrogen-bond acceptors (Lipinski definition) is 8. The van der Waals surface area contributed by atoms with Crippen molar-refractivity contribution in [2.45, 2.75) is 32.1 Å². The van der Waals surface area contributed by atoms with Gasteiger partial charge < -0.3 is 0 Å². The molecule has 0 unspecified atom stereocenters. The van der Waals surface area contributed by atoms with Crippen LogP contribution in [0.3, 0.4) is 0 Å². The molecule has 0 saturated carbocycles. The van der Waals surface area contributed by atoms with Crippen molar-refractivity contribution in [3.63, 3.8) is 0 Å². The summed E-state index contributed by atoms with van der Waals surface area (Å²) >= 11 is 5.64. The van der Waals surface area contributed by atoms with Gasteiger partial charge in [0.25, 0.3) is 40.1 Å². The highest BCUT2D eigenvalue weighted by atomic mass is 79.9. The number of benzene rings is 2. The molecule has 0 fully saturated rings. The van der Waals surface area contributed by atoms with Gasteiger partial charge in [-0.1, -0.05) is 40.1 Å². The molecule has 0 bridgehead atoms. The Hall–Kier alpha value is -1.44. The van der Waals surface area contributed by atoms with Gasteiger partial charge in [0.15, 0.2) is 0 Å². The van der Waals surface area contributed by atoms with Crippen LogP contribution in [0.1, 0.15) is 0 Å². The van der Waals surface area contributed by atoms with Crippen molar-refractivity contribution in [2.75, 3.05) is 0 Å². The summed E-state index contributed by atoms with van der Waals surface area (Å²) in [6.45, 7) is 0. The summed E-state index contributed by atoms with van der Waals surface area (Å²) in [7, 11) is -26.7. The molecule has 226 valence electrons. The number of nitrogens with one attached hydrogen (secondary N) is 2. The maximum atomic E-state index is 14.3. The van der Waals surface area contributed by atoms with Gasteiger partial charge in [0.2, 0.25) is 0 Å². The third kappa shape index (κ3) is 6.03. The minimum Gasteiger partial charge on any atom is -0.206 e. The summed E-state index contributed by atoms with van der Waals surface area (Å²) in [5.74, 6) is -15.8. The second kappa shape index (κ2) is 10.7. The molecule has 2 N–H and O–H groups in total. The predicted molar refractivity (Wildman–Crippen MR) is 127 cm³/mol. The first kappa shape index (κ1) is 34.8. The zero-order chi connectivity index (χ0) is 31.4. The van der Waals surface area contributed by atoms with Gasteiger partial charge in [-0.25, -0.2) is 33.7 Å². The van der Waals surface area contributed by atoms with Crippen molar-refractivity contribution >= 4 is 72.0 Å². The quantitative estimate of drug-likeness (QED) is 0.327. The van der Waals surface area contributed by atoms with E-state index in [2.05, 4.69) is 31.9 Å². The second-order valence-electron chi connectivity index (χ2n) is 7.27. The van der Waals surface area contributed by atoms with E-state index < -0.39 is 72.2 Å². The molecule has 0 amide bonds. The fourth-order valence-electron chi connectivity index (χ4n) is 2.42. The highest BCUT2D eigenvalue weighted by Gasteiger charge is 2.87. The van der Waals surface area contributed by atoms with Crippen LogP contribution in [0, 0.1) is 0 Å². The smallest absolute Gasteiger partial charge is 0.206 e. The minimum absolute atomic E-state index is 0.00257. The highest BCUT2D eigenvalue weighted by molar-refractivity contribution is 9.10. The molecule has 0 spiro atoms. The Kier molecular flexibility index (Phi) is 9.28. The van der Waals surface area contributed by atoms with Crippen LogP contribution in [0.4, 0.5) is 35.1 Å². The van der Waals surface area contributed by atoms with Crippen molar-refractivity contribution in [1.82, 2.24) is 8.25 Å². The van der Waals surface area contributed by atoms with Crippen LogP contribution >= 0.6 is 31.9 Å². The van der Waals surface area contributed by atoms with E-state index in [1.54, 1.807) is 0 Å². The van der Waals surface area contributed by atoms with Gasteiger partial charge in [-0.2, -0.15) is 35.1 Å². The van der Waals surface area contributed by atoms with E-state index in [-0.39, 0.29) is 17.2 Å². The molecule has 0 radical (unpaired) electrons. The van der Waals surface area contributed by atoms with Gasteiger partial charge in [-0.15, -0.1) is 0 Å². The predicted octanol–water partition coefficient (Wildman–Crippen LogP) is 3.58. The van der Waals surface area contributed by atoms with Gasteiger partial charge in [0, 0.05) is 8.95 Å². The van der Waals surface area contributed by atoms with Crippen LogP contribution in [-0.4, -0.2) is 56.0 Å². The summed E-state index contributed by atoms with van der Waals surface area (Å²) in [5, 5.41) is -14.9. The molecule has 2 rings (SSSR count). The summed E-state index contributed by atoms with van der Waals surface area (Å²) in [5.41, 5.74) is 0. The first-order valence-electron chi connectivity index (χ1n) is 9.25. The molecule has 0 atom stereocenters. The second-order valence-corrected chi connectivity index (χ2v) is 16.4. The number of hydrogen-bond donors (Lipinski definition) is 2. The van der Waals surface area contributed by atoms with Crippen LogP contribution in [0.5, 0.6) is 0 Å². The Morgan fingerprint density at radius 3 is 0.925 bits per heavy atom.